The molecular formula is C15H32N2O2. The average Bonchev–Trinajstić information content (AvgIpc) is 2.39. The Morgan fingerprint density at radius 2 is 1.89 bits per heavy atom. The highest BCUT2D eigenvalue weighted by molar-refractivity contribution is 4.90. The predicted octanol–water partition coefficient (Wildman–Crippen LogP) is 1.75. The zero-order valence-corrected chi connectivity index (χ0v) is 13.0. The van der Waals surface area contributed by atoms with Crippen LogP contribution in [-0.4, -0.2) is 64.6 Å². The van der Waals surface area contributed by atoms with Crippen LogP contribution in [0.1, 0.15) is 32.6 Å². The zero-order chi connectivity index (χ0) is 13.9. The molecule has 1 saturated carbocycles. The highest BCUT2D eigenvalue weighted by atomic mass is 16.5. The Labute approximate surface area is 118 Å². The SMILES string of the molecule is CCCNCC1CCC1N(CCCOC)CCOC. The first-order valence-corrected chi connectivity index (χ1v) is 7.76. The van der Waals surface area contributed by atoms with Gasteiger partial charge < -0.3 is 14.8 Å². The van der Waals surface area contributed by atoms with E-state index in [1.165, 1.54) is 25.8 Å². The summed E-state index contributed by atoms with van der Waals surface area (Å²) in [4.78, 5) is 2.60. The van der Waals surface area contributed by atoms with E-state index in [0.717, 1.165) is 51.2 Å². The smallest absolute Gasteiger partial charge is 0.0589 e. The molecule has 1 aliphatic rings. The molecule has 1 N–H and O–H groups in total. The lowest BCUT2D eigenvalue weighted by atomic mass is 9.78. The third kappa shape index (κ3) is 6.21. The van der Waals surface area contributed by atoms with Crippen molar-refractivity contribution in [2.75, 3.05) is 53.6 Å². The Bertz CT molecular complexity index is 214. The van der Waals surface area contributed by atoms with Gasteiger partial charge in [0.15, 0.2) is 0 Å². The van der Waals surface area contributed by atoms with Crippen molar-refractivity contribution in [2.24, 2.45) is 5.92 Å². The summed E-state index contributed by atoms with van der Waals surface area (Å²) in [7, 11) is 3.56. The number of ether oxygens (including phenoxy) is 2. The van der Waals surface area contributed by atoms with Gasteiger partial charge in [0.1, 0.15) is 0 Å². The van der Waals surface area contributed by atoms with Gasteiger partial charge in [0.05, 0.1) is 6.61 Å². The first kappa shape index (κ1) is 16.9. The second-order valence-corrected chi connectivity index (χ2v) is 5.48. The molecule has 0 amide bonds. The quantitative estimate of drug-likeness (QED) is 0.549. The fourth-order valence-electron chi connectivity index (χ4n) is 2.80. The average molecular weight is 272 g/mol. The van der Waals surface area contributed by atoms with Gasteiger partial charge in [-0.2, -0.15) is 0 Å². The first-order chi connectivity index (χ1) is 9.33. The maximum absolute atomic E-state index is 5.24. The van der Waals surface area contributed by atoms with Crippen molar-refractivity contribution in [1.82, 2.24) is 10.2 Å². The fourth-order valence-corrected chi connectivity index (χ4v) is 2.80. The van der Waals surface area contributed by atoms with Crippen LogP contribution in [0.25, 0.3) is 0 Å². The van der Waals surface area contributed by atoms with E-state index in [1.807, 2.05) is 0 Å². The van der Waals surface area contributed by atoms with Crippen LogP contribution in [0, 0.1) is 5.92 Å². The van der Waals surface area contributed by atoms with Gasteiger partial charge in [-0.25, -0.2) is 0 Å². The van der Waals surface area contributed by atoms with E-state index in [9.17, 15) is 0 Å². The molecule has 0 spiro atoms. The fraction of sp³-hybridized carbons (Fsp3) is 1.00. The molecular weight excluding hydrogens is 240 g/mol. The van der Waals surface area contributed by atoms with Crippen molar-refractivity contribution in [2.45, 2.75) is 38.6 Å². The van der Waals surface area contributed by atoms with Crippen LogP contribution < -0.4 is 5.32 Å². The van der Waals surface area contributed by atoms with Crippen molar-refractivity contribution in [3.63, 3.8) is 0 Å². The zero-order valence-electron chi connectivity index (χ0n) is 13.0. The molecule has 4 nitrogen and oxygen atoms in total. The standard InChI is InChI=1S/C15H32N2O2/c1-4-8-16-13-14-6-7-15(14)17(10-12-19-3)9-5-11-18-2/h14-16H,4-13H2,1-3H3. The lowest BCUT2D eigenvalue weighted by Crippen LogP contribution is -2.51. The first-order valence-electron chi connectivity index (χ1n) is 7.76. The summed E-state index contributed by atoms with van der Waals surface area (Å²) in [5.41, 5.74) is 0. The summed E-state index contributed by atoms with van der Waals surface area (Å²) in [6.45, 7) is 8.41. The predicted molar refractivity (Wildman–Crippen MR) is 79.6 cm³/mol. The Balaban J connectivity index is 2.30. The summed E-state index contributed by atoms with van der Waals surface area (Å²) < 4.78 is 10.4. The van der Waals surface area contributed by atoms with Gasteiger partial charge in [-0.05, 0) is 44.7 Å². The van der Waals surface area contributed by atoms with Crippen molar-refractivity contribution >= 4 is 0 Å². The summed E-state index contributed by atoms with van der Waals surface area (Å²) in [6.07, 6.45) is 5.05. The largest absolute Gasteiger partial charge is 0.385 e. The molecule has 0 aromatic rings. The molecule has 114 valence electrons. The van der Waals surface area contributed by atoms with E-state index < -0.39 is 0 Å². The number of rotatable bonds is 12. The summed E-state index contributed by atoms with van der Waals surface area (Å²) >= 11 is 0. The van der Waals surface area contributed by atoms with Crippen molar-refractivity contribution < 1.29 is 9.47 Å². The topological polar surface area (TPSA) is 33.7 Å². The summed E-state index contributed by atoms with van der Waals surface area (Å²) in [6, 6.07) is 0.747. The lowest BCUT2D eigenvalue weighted by Gasteiger charge is -2.44. The number of methoxy groups -OCH3 is 2. The van der Waals surface area contributed by atoms with Gasteiger partial charge >= 0.3 is 0 Å². The maximum Gasteiger partial charge on any atom is 0.0589 e. The summed E-state index contributed by atoms with van der Waals surface area (Å²) in [5, 5.41) is 3.56. The van der Waals surface area contributed by atoms with Gasteiger partial charge in [-0.15, -0.1) is 0 Å². The van der Waals surface area contributed by atoms with Crippen molar-refractivity contribution in [3.8, 4) is 0 Å². The van der Waals surface area contributed by atoms with E-state index in [2.05, 4.69) is 17.1 Å². The van der Waals surface area contributed by atoms with E-state index in [-0.39, 0.29) is 0 Å². The Hall–Kier alpha value is -0.160. The highest BCUT2D eigenvalue weighted by Gasteiger charge is 2.34. The molecule has 1 rings (SSSR count). The molecule has 19 heavy (non-hydrogen) atoms. The van der Waals surface area contributed by atoms with Crippen LogP contribution in [0.5, 0.6) is 0 Å². The van der Waals surface area contributed by atoms with Gasteiger partial charge in [0.25, 0.3) is 0 Å². The Morgan fingerprint density at radius 3 is 2.47 bits per heavy atom. The number of nitrogens with one attached hydrogen (secondary N) is 1. The van der Waals surface area contributed by atoms with E-state index in [1.54, 1.807) is 14.2 Å². The minimum Gasteiger partial charge on any atom is -0.385 e. The third-order valence-electron chi connectivity index (χ3n) is 4.06. The minimum absolute atomic E-state index is 0.747. The maximum atomic E-state index is 5.24. The molecule has 0 heterocycles. The molecule has 0 aliphatic heterocycles. The molecule has 0 saturated heterocycles. The normalized spacial score (nSPS) is 22.7. The highest BCUT2D eigenvalue weighted by Crippen LogP contribution is 2.31. The molecule has 0 radical (unpaired) electrons. The lowest BCUT2D eigenvalue weighted by molar-refractivity contribution is 0.0340. The van der Waals surface area contributed by atoms with Gasteiger partial charge in [-0.1, -0.05) is 6.92 Å². The van der Waals surface area contributed by atoms with E-state index in [0.29, 0.717) is 0 Å². The van der Waals surface area contributed by atoms with Crippen LogP contribution in [-0.2, 0) is 9.47 Å². The Kier molecular flexibility index (Phi) is 9.43. The molecule has 1 fully saturated rings. The molecule has 0 aromatic carbocycles. The molecule has 2 atom stereocenters. The number of hydrogen-bond donors (Lipinski definition) is 1. The molecule has 0 bridgehead atoms. The number of nitrogens with zero attached hydrogens (tertiary/aromatic N) is 1. The van der Waals surface area contributed by atoms with Gasteiger partial charge in [-0.3, -0.25) is 4.90 Å². The molecule has 4 heteroatoms. The van der Waals surface area contributed by atoms with Crippen LogP contribution in [0.2, 0.25) is 0 Å². The van der Waals surface area contributed by atoms with Crippen LogP contribution in [0.3, 0.4) is 0 Å². The monoisotopic (exact) mass is 272 g/mol. The molecule has 0 aromatic heterocycles. The van der Waals surface area contributed by atoms with Gasteiger partial charge in [0.2, 0.25) is 0 Å². The summed E-state index contributed by atoms with van der Waals surface area (Å²) in [5.74, 6) is 0.825. The van der Waals surface area contributed by atoms with Crippen LogP contribution in [0.15, 0.2) is 0 Å². The molecule has 1 aliphatic carbocycles. The van der Waals surface area contributed by atoms with Gasteiger partial charge in [0, 0.05) is 40.0 Å². The Morgan fingerprint density at radius 1 is 1.11 bits per heavy atom. The van der Waals surface area contributed by atoms with Crippen molar-refractivity contribution in [3.05, 3.63) is 0 Å². The van der Waals surface area contributed by atoms with Crippen molar-refractivity contribution in [1.29, 1.82) is 0 Å². The minimum atomic E-state index is 0.747. The van der Waals surface area contributed by atoms with Crippen LogP contribution in [0.4, 0.5) is 0 Å². The van der Waals surface area contributed by atoms with Crippen LogP contribution >= 0.6 is 0 Å². The third-order valence-corrected chi connectivity index (χ3v) is 4.06. The number of hydrogen-bond acceptors (Lipinski definition) is 4. The second-order valence-electron chi connectivity index (χ2n) is 5.48. The second kappa shape index (κ2) is 10.6. The molecule has 2 unspecified atom stereocenters. The van der Waals surface area contributed by atoms with E-state index in [4.69, 9.17) is 9.47 Å². The van der Waals surface area contributed by atoms with E-state index >= 15 is 0 Å².